The molecule has 2 fully saturated rings. The second-order valence-electron chi connectivity index (χ2n) is 8.25. The van der Waals surface area contributed by atoms with E-state index in [9.17, 15) is 4.79 Å². The van der Waals surface area contributed by atoms with E-state index in [0.29, 0.717) is 6.04 Å². The molecule has 0 radical (unpaired) electrons. The summed E-state index contributed by atoms with van der Waals surface area (Å²) in [5.74, 6) is 0.0753. The number of nitrogens with zero attached hydrogens (tertiary/aromatic N) is 2. The van der Waals surface area contributed by atoms with Gasteiger partial charge in [-0.15, -0.1) is 0 Å². The topological polar surface area (TPSA) is 35.6 Å². The van der Waals surface area contributed by atoms with Crippen molar-refractivity contribution in [2.45, 2.75) is 44.7 Å². The Kier molecular flexibility index (Phi) is 6.73. The van der Waals surface area contributed by atoms with E-state index in [2.05, 4.69) is 39.4 Å². The number of benzene rings is 2. The first-order valence-corrected chi connectivity index (χ1v) is 11.2. The zero-order chi connectivity index (χ0) is 20.1. The number of halogens is 1. The summed E-state index contributed by atoms with van der Waals surface area (Å²) in [6.07, 6.45) is 5.99. The molecule has 1 amide bonds. The number of carbonyl (C=O) groups is 1. The third kappa shape index (κ3) is 5.52. The van der Waals surface area contributed by atoms with Crippen LogP contribution in [-0.4, -0.2) is 43.0 Å². The fraction of sp³-hybridized carbons (Fsp3) is 0.458. The van der Waals surface area contributed by atoms with Crippen molar-refractivity contribution in [1.82, 2.24) is 10.2 Å². The van der Waals surface area contributed by atoms with Crippen LogP contribution >= 0.6 is 11.6 Å². The lowest BCUT2D eigenvalue weighted by atomic mass is 9.95. The quantitative estimate of drug-likeness (QED) is 0.772. The van der Waals surface area contributed by atoms with Gasteiger partial charge in [0.1, 0.15) is 0 Å². The minimum atomic E-state index is 0.0753. The summed E-state index contributed by atoms with van der Waals surface area (Å²) in [6, 6.07) is 16.6. The Morgan fingerprint density at radius 2 is 1.69 bits per heavy atom. The second-order valence-corrected chi connectivity index (χ2v) is 8.68. The highest BCUT2D eigenvalue weighted by molar-refractivity contribution is 6.30. The summed E-state index contributed by atoms with van der Waals surface area (Å²) >= 11 is 6.00. The van der Waals surface area contributed by atoms with Crippen LogP contribution in [0.2, 0.25) is 5.02 Å². The lowest BCUT2D eigenvalue weighted by Gasteiger charge is -2.36. The molecule has 29 heavy (non-hydrogen) atoms. The molecule has 0 atom stereocenters. The molecule has 1 saturated carbocycles. The van der Waals surface area contributed by atoms with Crippen molar-refractivity contribution in [1.29, 1.82) is 0 Å². The molecule has 0 aromatic heterocycles. The molecule has 0 bridgehead atoms. The molecule has 2 aromatic carbocycles. The van der Waals surface area contributed by atoms with Gasteiger partial charge in [-0.1, -0.05) is 43.0 Å². The average molecular weight is 412 g/mol. The van der Waals surface area contributed by atoms with Gasteiger partial charge < -0.3 is 10.2 Å². The number of hydrogen-bond acceptors (Lipinski definition) is 3. The predicted molar refractivity (Wildman–Crippen MR) is 120 cm³/mol. The maximum Gasteiger partial charge on any atom is 0.251 e. The lowest BCUT2D eigenvalue weighted by Crippen LogP contribution is -2.46. The Balaban J connectivity index is 1.30. The van der Waals surface area contributed by atoms with Gasteiger partial charge in [-0.05, 0) is 54.8 Å². The fourth-order valence-electron chi connectivity index (χ4n) is 4.40. The van der Waals surface area contributed by atoms with E-state index in [1.54, 1.807) is 0 Å². The fourth-order valence-corrected chi connectivity index (χ4v) is 4.53. The van der Waals surface area contributed by atoms with E-state index in [0.717, 1.165) is 56.2 Å². The lowest BCUT2D eigenvalue weighted by molar-refractivity contribution is 0.0927. The van der Waals surface area contributed by atoms with Gasteiger partial charge >= 0.3 is 0 Å². The van der Waals surface area contributed by atoms with Crippen LogP contribution in [0, 0.1) is 0 Å². The average Bonchev–Trinajstić information content (AvgIpc) is 2.76. The Morgan fingerprint density at radius 3 is 2.41 bits per heavy atom. The molecule has 2 aliphatic rings. The summed E-state index contributed by atoms with van der Waals surface area (Å²) in [4.78, 5) is 17.5. The molecular formula is C24H30ClN3O. The smallest absolute Gasteiger partial charge is 0.251 e. The Hall–Kier alpha value is -2.04. The van der Waals surface area contributed by atoms with Gasteiger partial charge in [0.15, 0.2) is 0 Å². The van der Waals surface area contributed by atoms with Crippen LogP contribution in [0.1, 0.15) is 48.0 Å². The molecule has 1 aliphatic heterocycles. The Bertz CT molecular complexity index is 809. The number of hydrogen-bond donors (Lipinski definition) is 1. The zero-order valence-electron chi connectivity index (χ0n) is 16.9. The van der Waals surface area contributed by atoms with Crippen LogP contribution < -0.4 is 10.2 Å². The van der Waals surface area contributed by atoms with E-state index >= 15 is 0 Å². The Labute approximate surface area is 178 Å². The number of piperazine rings is 1. The molecule has 4 nitrogen and oxygen atoms in total. The predicted octanol–water partition coefficient (Wildman–Crippen LogP) is 4.72. The molecule has 0 spiro atoms. The van der Waals surface area contributed by atoms with Gasteiger partial charge in [0, 0.05) is 55.0 Å². The maximum atomic E-state index is 12.6. The molecule has 5 heteroatoms. The molecular weight excluding hydrogens is 382 g/mol. The van der Waals surface area contributed by atoms with Crippen LogP contribution in [0.25, 0.3) is 0 Å². The van der Waals surface area contributed by atoms with Crippen molar-refractivity contribution in [2.24, 2.45) is 0 Å². The van der Waals surface area contributed by atoms with Gasteiger partial charge in [-0.3, -0.25) is 9.69 Å². The summed E-state index contributed by atoms with van der Waals surface area (Å²) in [6.45, 7) is 4.92. The van der Waals surface area contributed by atoms with Crippen LogP contribution in [-0.2, 0) is 6.54 Å². The monoisotopic (exact) mass is 411 g/mol. The van der Waals surface area contributed by atoms with Crippen molar-refractivity contribution < 1.29 is 4.79 Å². The second kappa shape index (κ2) is 9.64. The van der Waals surface area contributed by atoms with E-state index in [1.807, 2.05) is 24.3 Å². The SMILES string of the molecule is O=C(NC1CCCCC1)c1cccc(CN2CCN(c3ccc(Cl)cc3)CC2)c1. The van der Waals surface area contributed by atoms with Gasteiger partial charge in [0.05, 0.1) is 0 Å². The summed E-state index contributed by atoms with van der Waals surface area (Å²) in [7, 11) is 0. The molecule has 4 rings (SSSR count). The van der Waals surface area contributed by atoms with Gasteiger partial charge in [-0.25, -0.2) is 0 Å². The third-order valence-corrected chi connectivity index (χ3v) is 6.35. The minimum Gasteiger partial charge on any atom is -0.369 e. The van der Waals surface area contributed by atoms with Crippen molar-refractivity contribution in [3.63, 3.8) is 0 Å². The van der Waals surface area contributed by atoms with Crippen molar-refractivity contribution in [3.05, 3.63) is 64.7 Å². The number of amides is 1. The molecule has 154 valence electrons. The first-order valence-electron chi connectivity index (χ1n) is 10.8. The zero-order valence-corrected chi connectivity index (χ0v) is 17.7. The molecule has 0 unspecified atom stereocenters. The first kappa shape index (κ1) is 20.2. The van der Waals surface area contributed by atoms with Crippen molar-refractivity contribution >= 4 is 23.2 Å². The van der Waals surface area contributed by atoms with Crippen LogP contribution in [0.3, 0.4) is 0 Å². The first-order chi connectivity index (χ1) is 14.2. The summed E-state index contributed by atoms with van der Waals surface area (Å²) in [5.41, 5.74) is 3.23. The van der Waals surface area contributed by atoms with E-state index in [4.69, 9.17) is 11.6 Å². The van der Waals surface area contributed by atoms with Crippen molar-refractivity contribution in [3.8, 4) is 0 Å². The molecule has 2 aromatic rings. The minimum absolute atomic E-state index is 0.0753. The normalized spacial score (nSPS) is 18.6. The summed E-state index contributed by atoms with van der Waals surface area (Å²) < 4.78 is 0. The van der Waals surface area contributed by atoms with Crippen molar-refractivity contribution in [2.75, 3.05) is 31.1 Å². The number of carbonyl (C=O) groups excluding carboxylic acids is 1. The standard InChI is InChI=1S/C24H30ClN3O/c25-21-9-11-23(12-10-21)28-15-13-27(14-16-28)18-19-5-4-6-20(17-19)24(29)26-22-7-2-1-3-8-22/h4-6,9-12,17,22H,1-3,7-8,13-16,18H2,(H,26,29). The molecule has 1 saturated heterocycles. The third-order valence-electron chi connectivity index (χ3n) is 6.10. The van der Waals surface area contributed by atoms with Crippen LogP contribution in [0.4, 0.5) is 5.69 Å². The molecule has 1 heterocycles. The maximum absolute atomic E-state index is 12.6. The largest absolute Gasteiger partial charge is 0.369 e. The van der Waals surface area contributed by atoms with E-state index in [-0.39, 0.29) is 5.91 Å². The van der Waals surface area contributed by atoms with Crippen LogP contribution in [0.5, 0.6) is 0 Å². The van der Waals surface area contributed by atoms with Crippen LogP contribution in [0.15, 0.2) is 48.5 Å². The number of rotatable bonds is 5. The highest BCUT2D eigenvalue weighted by atomic mass is 35.5. The van der Waals surface area contributed by atoms with E-state index in [1.165, 1.54) is 30.5 Å². The number of anilines is 1. The molecule has 1 N–H and O–H groups in total. The van der Waals surface area contributed by atoms with Gasteiger partial charge in [0.2, 0.25) is 0 Å². The highest BCUT2D eigenvalue weighted by Crippen LogP contribution is 2.21. The Morgan fingerprint density at radius 1 is 0.966 bits per heavy atom. The highest BCUT2D eigenvalue weighted by Gasteiger charge is 2.19. The van der Waals surface area contributed by atoms with Gasteiger partial charge in [-0.2, -0.15) is 0 Å². The number of nitrogens with one attached hydrogen (secondary N) is 1. The van der Waals surface area contributed by atoms with E-state index < -0.39 is 0 Å². The summed E-state index contributed by atoms with van der Waals surface area (Å²) in [5, 5.41) is 4.00. The van der Waals surface area contributed by atoms with Gasteiger partial charge in [0.25, 0.3) is 5.91 Å². The molecule has 1 aliphatic carbocycles.